The van der Waals surface area contributed by atoms with Crippen LogP contribution >= 0.6 is 0 Å². The maximum absolute atomic E-state index is 12.9. The highest BCUT2D eigenvalue weighted by Crippen LogP contribution is 2.32. The highest BCUT2D eigenvalue weighted by molar-refractivity contribution is 5.96. The third kappa shape index (κ3) is 5.94. The second-order valence-electron chi connectivity index (χ2n) is 9.47. The lowest BCUT2D eigenvalue weighted by molar-refractivity contribution is -0.130. The minimum atomic E-state index is 0.178. The summed E-state index contributed by atoms with van der Waals surface area (Å²) < 4.78 is 0. The molecule has 1 aromatic carbocycles. The minimum Gasteiger partial charge on any atom is -0.343 e. The molecule has 4 rings (SSSR count). The number of allylic oxidation sites excluding steroid dienone is 2. The molecule has 31 heavy (non-hydrogen) atoms. The standard InChI is InChI=1S/C27H36N2O2/c1-21(30)29-17-11-22(12-18-29)7-10-27(31)26-9-8-24-13-15-28(16-14-25(24)19-26)20-23-5-3-2-4-6-23/h2-6,19,22H,7-18,20H2,1H3. The average Bonchev–Trinajstić information content (AvgIpc) is 3.00. The van der Waals surface area contributed by atoms with Crippen LogP contribution in [0, 0.1) is 5.92 Å². The van der Waals surface area contributed by atoms with Crippen molar-refractivity contribution in [2.75, 3.05) is 26.2 Å². The zero-order chi connectivity index (χ0) is 21.6. The fourth-order valence-corrected chi connectivity index (χ4v) is 5.30. The van der Waals surface area contributed by atoms with Crippen LogP contribution in [0.2, 0.25) is 0 Å². The molecule has 2 heterocycles. The van der Waals surface area contributed by atoms with E-state index in [1.54, 1.807) is 12.5 Å². The summed E-state index contributed by atoms with van der Waals surface area (Å²) in [7, 11) is 0. The number of carbonyl (C=O) groups is 2. The Hall–Kier alpha value is -2.20. The fraction of sp³-hybridized carbons (Fsp3) is 0.556. The van der Waals surface area contributed by atoms with Gasteiger partial charge in [0.25, 0.3) is 0 Å². The molecule has 1 fully saturated rings. The van der Waals surface area contributed by atoms with Crippen molar-refractivity contribution in [2.45, 2.75) is 64.8 Å². The van der Waals surface area contributed by atoms with Gasteiger partial charge in [-0.2, -0.15) is 0 Å². The number of carbonyl (C=O) groups excluding carboxylic acids is 2. The van der Waals surface area contributed by atoms with Crippen molar-refractivity contribution in [2.24, 2.45) is 5.92 Å². The summed E-state index contributed by atoms with van der Waals surface area (Å²) >= 11 is 0. The van der Waals surface area contributed by atoms with E-state index in [9.17, 15) is 9.59 Å². The lowest BCUT2D eigenvalue weighted by Gasteiger charge is -2.31. The highest BCUT2D eigenvalue weighted by Gasteiger charge is 2.24. The lowest BCUT2D eigenvalue weighted by Crippen LogP contribution is -2.37. The quantitative estimate of drug-likeness (QED) is 0.657. The first-order valence-electron chi connectivity index (χ1n) is 12.0. The second kappa shape index (κ2) is 10.4. The number of ketones is 1. The lowest BCUT2D eigenvalue weighted by atomic mass is 9.85. The summed E-state index contributed by atoms with van der Waals surface area (Å²) in [6, 6.07) is 10.7. The average molecular weight is 421 g/mol. The molecule has 0 aromatic heterocycles. The zero-order valence-corrected chi connectivity index (χ0v) is 18.9. The Morgan fingerprint density at radius 3 is 2.42 bits per heavy atom. The molecule has 0 atom stereocenters. The van der Waals surface area contributed by atoms with Gasteiger partial charge in [0.05, 0.1) is 0 Å². The van der Waals surface area contributed by atoms with Crippen LogP contribution in [0.5, 0.6) is 0 Å². The van der Waals surface area contributed by atoms with E-state index in [0.29, 0.717) is 18.1 Å². The molecule has 4 nitrogen and oxygen atoms in total. The van der Waals surface area contributed by atoms with E-state index in [4.69, 9.17) is 0 Å². The number of likely N-dealkylation sites (tertiary alicyclic amines) is 1. The van der Waals surface area contributed by atoms with Crippen LogP contribution in [-0.4, -0.2) is 47.7 Å². The summed E-state index contributed by atoms with van der Waals surface area (Å²) in [5.41, 5.74) is 5.43. The number of Topliss-reactive ketones (excluding diaryl/α,β-unsaturated/α-hetero) is 1. The molecule has 0 spiro atoms. The van der Waals surface area contributed by atoms with Crippen molar-refractivity contribution in [1.29, 1.82) is 0 Å². The Morgan fingerprint density at radius 2 is 1.68 bits per heavy atom. The predicted molar refractivity (Wildman–Crippen MR) is 125 cm³/mol. The van der Waals surface area contributed by atoms with Crippen molar-refractivity contribution >= 4 is 11.7 Å². The van der Waals surface area contributed by atoms with Crippen LogP contribution in [0.4, 0.5) is 0 Å². The van der Waals surface area contributed by atoms with Gasteiger partial charge >= 0.3 is 0 Å². The van der Waals surface area contributed by atoms with Gasteiger partial charge in [-0.3, -0.25) is 14.5 Å². The molecule has 1 aliphatic carbocycles. The number of amides is 1. The maximum Gasteiger partial charge on any atom is 0.219 e. The maximum atomic E-state index is 12.9. The van der Waals surface area contributed by atoms with Crippen molar-refractivity contribution in [3.8, 4) is 0 Å². The molecule has 166 valence electrons. The van der Waals surface area contributed by atoms with Gasteiger partial charge in [0, 0.05) is 46.1 Å². The Balaban J connectivity index is 1.27. The first-order valence-corrected chi connectivity index (χ1v) is 12.0. The molecule has 4 heteroatoms. The van der Waals surface area contributed by atoms with Crippen LogP contribution in [-0.2, 0) is 16.1 Å². The number of piperidine rings is 1. The van der Waals surface area contributed by atoms with Gasteiger partial charge in [0.1, 0.15) is 0 Å². The summed E-state index contributed by atoms with van der Waals surface area (Å²) in [6.45, 7) is 6.56. The molecule has 0 unspecified atom stereocenters. The normalized spacial score (nSPS) is 20.8. The monoisotopic (exact) mass is 420 g/mol. The molecule has 0 N–H and O–H groups in total. The van der Waals surface area contributed by atoms with E-state index in [0.717, 1.165) is 83.2 Å². The van der Waals surface area contributed by atoms with E-state index in [-0.39, 0.29) is 5.91 Å². The minimum absolute atomic E-state index is 0.178. The Kier molecular flexibility index (Phi) is 7.39. The highest BCUT2D eigenvalue weighted by atomic mass is 16.2. The molecule has 2 aliphatic heterocycles. The third-order valence-electron chi connectivity index (χ3n) is 7.37. The zero-order valence-electron chi connectivity index (χ0n) is 18.9. The van der Waals surface area contributed by atoms with Crippen molar-refractivity contribution in [1.82, 2.24) is 9.80 Å². The molecule has 1 aromatic rings. The molecule has 0 bridgehead atoms. The number of nitrogens with zero attached hydrogens (tertiary/aromatic N) is 2. The molecule has 3 aliphatic rings. The smallest absolute Gasteiger partial charge is 0.219 e. The summed E-state index contributed by atoms with van der Waals surface area (Å²) in [6.07, 6.45) is 10.1. The van der Waals surface area contributed by atoms with E-state index in [2.05, 4.69) is 41.3 Å². The molecule has 1 saturated heterocycles. The van der Waals surface area contributed by atoms with Crippen LogP contribution in [0.3, 0.4) is 0 Å². The van der Waals surface area contributed by atoms with E-state index in [1.165, 1.54) is 11.1 Å². The van der Waals surface area contributed by atoms with Gasteiger partial charge in [0.2, 0.25) is 5.91 Å². The Bertz CT molecular complexity index is 847. The van der Waals surface area contributed by atoms with Gasteiger partial charge in [0.15, 0.2) is 5.78 Å². The van der Waals surface area contributed by atoms with Gasteiger partial charge in [-0.25, -0.2) is 0 Å². The number of benzene rings is 1. The first kappa shape index (κ1) is 22.0. The summed E-state index contributed by atoms with van der Waals surface area (Å²) in [4.78, 5) is 28.9. The van der Waals surface area contributed by atoms with E-state index < -0.39 is 0 Å². The Labute approximate surface area is 187 Å². The molecule has 1 amide bonds. The van der Waals surface area contributed by atoms with Crippen molar-refractivity contribution < 1.29 is 9.59 Å². The van der Waals surface area contributed by atoms with Crippen LogP contribution in [0.1, 0.15) is 63.9 Å². The van der Waals surface area contributed by atoms with Crippen LogP contribution < -0.4 is 0 Å². The van der Waals surface area contributed by atoms with E-state index in [1.807, 2.05) is 4.90 Å². The van der Waals surface area contributed by atoms with Crippen molar-refractivity contribution in [3.05, 3.63) is 58.7 Å². The topological polar surface area (TPSA) is 40.6 Å². The number of hydrogen-bond acceptors (Lipinski definition) is 3. The van der Waals surface area contributed by atoms with Crippen LogP contribution in [0.15, 0.2) is 53.1 Å². The van der Waals surface area contributed by atoms with Gasteiger partial charge in [-0.05, 0) is 67.6 Å². The summed E-state index contributed by atoms with van der Waals surface area (Å²) in [5.74, 6) is 1.12. The van der Waals surface area contributed by atoms with Gasteiger partial charge < -0.3 is 4.90 Å². The van der Waals surface area contributed by atoms with Gasteiger partial charge in [-0.1, -0.05) is 42.0 Å². The second-order valence-corrected chi connectivity index (χ2v) is 9.47. The van der Waals surface area contributed by atoms with Crippen LogP contribution in [0.25, 0.3) is 0 Å². The molecular formula is C27H36N2O2. The van der Waals surface area contributed by atoms with E-state index >= 15 is 0 Å². The molecular weight excluding hydrogens is 384 g/mol. The number of hydrogen-bond donors (Lipinski definition) is 0. The molecule has 0 radical (unpaired) electrons. The summed E-state index contributed by atoms with van der Waals surface area (Å²) in [5, 5.41) is 0. The third-order valence-corrected chi connectivity index (χ3v) is 7.37. The SMILES string of the molecule is CC(=O)N1CCC(CCC(=O)C2=CC3=C(CC2)CCN(Cc2ccccc2)CC3)CC1. The number of rotatable bonds is 6. The largest absolute Gasteiger partial charge is 0.343 e. The molecule has 0 saturated carbocycles. The fourth-order valence-electron chi connectivity index (χ4n) is 5.30. The first-order chi connectivity index (χ1) is 15.1. The van der Waals surface area contributed by atoms with Crippen molar-refractivity contribution in [3.63, 3.8) is 0 Å². The van der Waals surface area contributed by atoms with Gasteiger partial charge in [-0.15, -0.1) is 0 Å². The Morgan fingerprint density at radius 1 is 0.935 bits per heavy atom. The predicted octanol–water partition coefficient (Wildman–Crippen LogP) is 4.91.